The van der Waals surface area contributed by atoms with Crippen LogP contribution in [0.4, 0.5) is 8.78 Å². The summed E-state index contributed by atoms with van der Waals surface area (Å²) >= 11 is 0. The van der Waals surface area contributed by atoms with Gasteiger partial charge in [0.15, 0.2) is 5.78 Å². The topological polar surface area (TPSA) is 26.3 Å². The summed E-state index contributed by atoms with van der Waals surface area (Å²) < 4.78 is 31.9. The van der Waals surface area contributed by atoms with Crippen molar-refractivity contribution in [1.82, 2.24) is 0 Å². The molecule has 4 heteroatoms. The van der Waals surface area contributed by atoms with E-state index in [1.807, 2.05) is 6.92 Å². The fourth-order valence-electron chi connectivity index (χ4n) is 2.41. The highest BCUT2D eigenvalue weighted by molar-refractivity contribution is 6.09. The molecule has 20 heavy (non-hydrogen) atoms. The van der Waals surface area contributed by atoms with Gasteiger partial charge in [-0.1, -0.05) is 0 Å². The Labute approximate surface area is 115 Å². The Balaban J connectivity index is 1.97. The van der Waals surface area contributed by atoms with Crippen molar-refractivity contribution in [3.63, 3.8) is 0 Å². The second kappa shape index (κ2) is 4.71. The first-order valence-electron chi connectivity index (χ1n) is 6.33. The minimum Gasteiger partial charge on any atom is -0.490 e. The minimum atomic E-state index is -0.758. The molecule has 2 nitrogen and oxygen atoms in total. The van der Waals surface area contributed by atoms with Crippen LogP contribution in [0.25, 0.3) is 0 Å². The molecule has 3 rings (SSSR count). The van der Waals surface area contributed by atoms with E-state index in [4.69, 9.17) is 4.74 Å². The van der Waals surface area contributed by atoms with Crippen molar-refractivity contribution in [2.75, 3.05) is 0 Å². The molecule has 0 amide bonds. The molecule has 0 aliphatic carbocycles. The first-order valence-corrected chi connectivity index (χ1v) is 6.33. The van der Waals surface area contributed by atoms with Crippen LogP contribution in [0.5, 0.6) is 5.75 Å². The van der Waals surface area contributed by atoms with Crippen LogP contribution in [0.15, 0.2) is 36.4 Å². The van der Waals surface area contributed by atoms with E-state index in [1.54, 1.807) is 18.2 Å². The van der Waals surface area contributed by atoms with Gasteiger partial charge in [-0.25, -0.2) is 8.78 Å². The molecule has 0 N–H and O–H groups in total. The number of carbonyl (C=O) groups excluding carboxylic acids is 1. The molecule has 0 radical (unpaired) electrons. The van der Waals surface area contributed by atoms with Crippen LogP contribution in [-0.2, 0) is 6.42 Å². The summed E-state index contributed by atoms with van der Waals surface area (Å²) in [6.45, 7) is 1.95. The average Bonchev–Trinajstić information content (AvgIpc) is 2.75. The van der Waals surface area contributed by atoms with E-state index in [9.17, 15) is 13.6 Å². The molecule has 0 saturated carbocycles. The molecule has 0 bridgehead atoms. The van der Waals surface area contributed by atoms with Gasteiger partial charge in [0, 0.05) is 23.6 Å². The van der Waals surface area contributed by atoms with Crippen LogP contribution < -0.4 is 4.74 Å². The van der Waals surface area contributed by atoms with Crippen LogP contribution in [0.2, 0.25) is 0 Å². The highest BCUT2D eigenvalue weighted by Crippen LogP contribution is 2.30. The highest BCUT2D eigenvalue weighted by Gasteiger charge is 2.21. The van der Waals surface area contributed by atoms with Crippen LogP contribution >= 0.6 is 0 Å². The second-order valence-corrected chi connectivity index (χ2v) is 4.94. The standard InChI is InChI=1S/C16H12F2O2/c1-9-4-11-5-10(2-3-15(11)20-9)16(19)12-6-13(17)8-14(18)7-12/h2-3,5-9H,4H2,1H3. The van der Waals surface area contributed by atoms with E-state index in [0.717, 1.165) is 35.9 Å². The number of fused-ring (bicyclic) bond motifs is 1. The minimum absolute atomic E-state index is 0.00872. The Morgan fingerprint density at radius 1 is 1.10 bits per heavy atom. The van der Waals surface area contributed by atoms with Gasteiger partial charge in [0.2, 0.25) is 0 Å². The van der Waals surface area contributed by atoms with Gasteiger partial charge in [-0.15, -0.1) is 0 Å². The highest BCUT2D eigenvalue weighted by atomic mass is 19.1. The summed E-state index contributed by atoms with van der Waals surface area (Å²) in [5.74, 6) is -1.15. The first-order chi connectivity index (χ1) is 9.52. The van der Waals surface area contributed by atoms with Crippen molar-refractivity contribution < 1.29 is 18.3 Å². The quantitative estimate of drug-likeness (QED) is 0.783. The van der Waals surface area contributed by atoms with Crippen LogP contribution in [0.1, 0.15) is 28.4 Å². The molecule has 0 saturated heterocycles. The number of rotatable bonds is 2. The molecule has 0 aromatic heterocycles. The predicted molar refractivity (Wildman–Crippen MR) is 70.0 cm³/mol. The molecular weight excluding hydrogens is 262 g/mol. The maximum absolute atomic E-state index is 13.2. The maximum Gasteiger partial charge on any atom is 0.193 e. The molecule has 1 atom stereocenters. The predicted octanol–water partition coefficient (Wildman–Crippen LogP) is 3.52. The second-order valence-electron chi connectivity index (χ2n) is 4.94. The zero-order valence-electron chi connectivity index (χ0n) is 10.8. The normalized spacial score (nSPS) is 16.6. The molecule has 1 unspecified atom stereocenters. The van der Waals surface area contributed by atoms with Crippen molar-refractivity contribution in [2.45, 2.75) is 19.4 Å². The third-order valence-electron chi connectivity index (χ3n) is 3.28. The molecule has 0 spiro atoms. The lowest BCUT2D eigenvalue weighted by Crippen LogP contribution is -2.05. The molecule has 1 heterocycles. The van der Waals surface area contributed by atoms with Gasteiger partial charge in [-0.3, -0.25) is 4.79 Å². The SMILES string of the molecule is CC1Cc2cc(C(=O)c3cc(F)cc(F)c3)ccc2O1. The maximum atomic E-state index is 13.2. The monoisotopic (exact) mass is 274 g/mol. The Kier molecular flexibility index (Phi) is 3.01. The lowest BCUT2D eigenvalue weighted by molar-refractivity contribution is 0.103. The molecule has 1 aliphatic heterocycles. The largest absolute Gasteiger partial charge is 0.490 e. The molecule has 102 valence electrons. The summed E-state index contributed by atoms with van der Waals surface area (Å²) in [5, 5.41) is 0. The number of carbonyl (C=O) groups is 1. The van der Waals surface area contributed by atoms with Gasteiger partial charge in [0.25, 0.3) is 0 Å². The van der Waals surface area contributed by atoms with Crippen LogP contribution in [0, 0.1) is 11.6 Å². The fraction of sp³-hybridized carbons (Fsp3) is 0.188. The van der Waals surface area contributed by atoms with Crippen molar-refractivity contribution in [3.05, 3.63) is 64.7 Å². The fourth-order valence-corrected chi connectivity index (χ4v) is 2.41. The van der Waals surface area contributed by atoms with E-state index in [1.165, 1.54) is 0 Å². The lowest BCUT2D eigenvalue weighted by atomic mass is 9.99. The van der Waals surface area contributed by atoms with Crippen LogP contribution in [0.3, 0.4) is 0 Å². The van der Waals surface area contributed by atoms with Crippen LogP contribution in [-0.4, -0.2) is 11.9 Å². The van der Waals surface area contributed by atoms with Gasteiger partial charge in [-0.2, -0.15) is 0 Å². The van der Waals surface area contributed by atoms with Crippen molar-refractivity contribution >= 4 is 5.78 Å². The van der Waals surface area contributed by atoms with E-state index in [-0.39, 0.29) is 11.7 Å². The van der Waals surface area contributed by atoms with Crippen molar-refractivity contribution in [2.24, 2.45) is 0 Å². The third-order valence-corrected chi connectivity index (χ3v) is 3.28. The van der Waals surface area contributed by atoms with Gasteiger partial charge in [-0.05, 0) is 42.8 Å². The van der Waals surface area contributed by atoms with E-state index >= 15 is 0 Å². The summed E-state index contributed by atoms with van der Waals surface area (Å²) in [6.07, 6.45) is 0.815. The molecule has 2 aromatic rings. The van der Waals surface area contributed by atoms with E-state index < -0.39 is 17.4 Å². The molecular formula is C16H12F2O2. The Bertz CT molecular complexity index is 675. The smallest absolute Gasteiger partial charge is 0.193 e. The number of hydrogen-bond donors (Lipinski definition) is 0. The summed E-state index contributed by atoms with van der Waals surface area (Å²) in [7, 11) is 0. The molecule has 0 fully saturated rings. The number of ketones is 1. The number of hydrogen-bond acceptors (Lipinski definition) is 2. The van der Waals surface area contributed by atoms with Gasteiger partial charge >= 0.3 is 0 Å². The van der Waals surface area contributed by atoms with Gasteiger partial charge < -0.3 is 4.74 Å². The summed E-state index contributed by atoms with van der Waals surface area (Å²) in [5.41, 5.74) is 1.36. The van der Waals surface area contributed by atoms with Gasteiger partial charge in [0.1, 0.15) is 23.5 Å². The number of halogens is 2. The molecule has 2 aromatic carbocycles. The van der Waals surface area contributed by atoms with Crippen molar-refractivity contribution in [1.29, 1.82) is 0 Å². The Hall–Kier alpha value is -2.23. The van der Waals surface area contributed by atoms with E-state index in [2.05, 4.69) is 0 Å². The zero-order valence-corrected chi connectivity index (χ0v) is 10.8. The zero-order chi connectivity index (χ0) is 14.3. The lowest BCUT2D eigenvalue weighted by Gasteiger charge is -2.05. The number of ether oxygens (including phenoxy) is 1. The van der Waals surface area contributed by atoms with Crippen molar-refractivity contribution in [3.8, 4) is 5.75 Å². The third kappa shape index (κ3) is 2.29. The Morgan fingerprint density at radius 3 is 2.50 bits per heavy atom. The van der Waals surface area contributed by atoms with Gasteiger partial charge in [0.05, 0.1) is 0 Å². The summed E-state index contributed by atoms with van der Waals surface area (Å²) in [4.78, 5) is 12.3. The summed E-state index contributed by atoms with van der Waals surface area (Å²) in [6, 6.07) is 7.89. The Morgan fingerprint density at radius 2 is 1.80 bits per heavy atom. The van der Waals surface area contributed by atoms with E-state index in [0.29, 0.717) is 5.56 Å². The average molecular weight is 274 g/mol. The first kappa shape index (κ1) is 12.8. The number of benzene rings is 2. The molecule has 1 aliphatic rings.